The topological polar surface area (TPSA) is 48.1 Å². The lowest BCUT2D eigenvalue weighted by molar-refractivity contribution is -0.276. The maximum Gasteiger partial charge on any atom is 0.574 e. The largest absolute Gasteiger partial charge is 0.574 e. The minimum Gasteiger partial charge on any atom is -0.387 e. The van der Waals surface area contributed by atoms with E-state index in [-0.39, 0.29) is 6.54 Å². The average molecular weight is 444 g/mol. The van der Waals surface area contributed by atoms with Crippen LogP contribution in [0.1, 0.15) is 5.56 Å². The lowest BCUT2D eigenvalue weighted by atomic mass is 10.3. The van der Waals surface area contributed by atoms with E-state index in [0.717, 1.165) is 0 Å². The molecule has 3 nitrogen and oxygen atoms in total. The van der Waals surface area contributed by atoms with Crippen molar-refractivity contribution in [2.75, 3.05) is 0 Å². The summed E-state index contributed by atoms with van der Waals surface area (Å²) in [6.45, 7) is 0.146. The number of rotatable bonds is 2. The van der Waals surface area contributed by atoms with E-state index in [1.54, 1.807) is 22.6 Å². The maximum atomic E-state index is 12.0. The summed E-state index contributed by atoms with van der Waals surface area (Å²) in [4.78, 5) is 3.56. The van der Waals surface area contributed by atoms with Gasteiger partial charge in [-0.15, -0.1) is 13.2 Å². The first kappa shape index (κ1) is 13.2. The van der Waals surface area contributed by atoms with Crippen LogP contribution in [0.15, 0.2) is 6.20 Å². The molecule has 0 unspecified atom stereocenters. The van der Waals surface area contributed by atoms with E-state index in [9.17, 15) is 13.2 Å². The maximum absolute atomic E-state index is 12.0. The van der Waals surface area contributed by atoms with Crippen LogP contribution in [0.2, 0.25) is 0 Å². The van der Waals surface area contributed by atoms with E-state index >= 15 is 0 Å². The van der Waals surface area contributed by atoms with Gasteiger partial charge in [-0.3, -0.25) is 0 Å². The molecule has 8 heteroatoms. The highest BCUT2D eigenvalue weighted by molar-refractivity contribution is 14.1. The van der Waals surface area contributed by atoms with Gasteiger partial charge in [0.25, 0.3) is 0 Å². The Morgan fingerprint density at radius 1 is 1.40 bits per heavy atom. The van der Waals surface area contributed by atoms with Crippen molar-refractivity contribution in [2.45, 2.75) is 12.9 Å². The van der Waals surface area contributed by atoms with E-state index in [1.165, 1.54) is 6.20 Å². The van der Waals surface area contributed by atoms with Gasteiger partial charge in [0.1, 0.15) is 0 Å². The third-order valence-electron chi connectivity index (χ3n) is 1.45. The van der Waals surface area contributed by atoms with Gasteiger partial charge < -0.3 is 10.5 Å². The number of halogens is 5. The summed E-state index contributed by atoms with van der Waals surface area (Å²) in [5.74, 6) is -0.455. The van der Waals surface area contributed by atoms with Crippen molar-refractivity contribution in [3.05, 3.63) is 18.9 Å². The first-order valence-electron chi connectivity index (χ1n) is 3.64. The Morgan fingerprint density at radius 3 is 2.47 bits per heavy atom. The number of hydrogen-bond donors (Lipinski definition) is 1. The Bertz CT molecular complexity index is 370. The number of aromatic nitrogens is 1. The average Bonchev–Trinajstić information content (AvgIpc) is 2.09. The molecule has 0 aromatic carbocycles. The van der Waals surface area contributed by atoms with Gasteiger partial charge in [-0.05, 0) is 50.7 Å². The van der Waals surface area contributed by atoms with Crippen LogP contribution in [0, 0.1) is 7.14 Å². The van der Waals surface area contributed by atoms with Gasteiger partial charge >= 0.3 is 6.36 Å². The molecular formula is C7H5F3I2N2O. The first-order valence-corrected chi connectivity index (χ1v) is 5.79. The lowest BCUT2D eigenvalue weighted by Gasteiger charge is -2.12. The molecule has 0 radical (unpaired) electrons. The molecule has 1 aromatic heterocycles. The van der Waals surface area contributed by atoms with Crippen LogP contribution in [-0.4, -0.2) is 11.3 Å². The van der Waals surface area contributed by atoms with Gasteiger partial charge in [-0.25, -0.2) is 4.98 Å². The van der Waals surface area contributed by atoms with E-state index in [2.05, 4.69) is 9.72 Å². The number of alkyl halides is 3. The van der Waals surface area contributed by atoms with Gasteiger partial charge in [0, 0.05) is 16.3 Å². The van der Waals surface area contributed by atoms with Gasteiger partial charge in [0.15, 0.2) is 0 Å². The van der Waals surface area contributed by atoms with Crippen molar-refractivity contribution in [1.82, 2.24) is 4.98 Å². The van der Waals surface area contributed by atoms with Crippen molar-refractivity contribution < 1.29 is 17.9 Å². The van der Waals surface area contributed by atoms with Crippen LogP contribution in [0.25, 0.3) is 0 Å². The van der Waals surface area contributed by atoms with E-state index in [0.29, 0.717) is 12.7 Å². The summed E-state index contributed by atoms with van der Waals surface area (Å²) in [6.07, 6.45) is -3.43. The van der Waals surface area contributed by atoms with E-state index in [1.807, 2.05) is 22.6 Å². The highest BCUT2D eigenvalue weighted by Gasteiger charge is 2.33. The molecule has 0 aliphatic heterocycles. The van der Waals surface area contributed by atoms with Crippen molar-refractivity contribution >= 4 is 45.2 Å². The number of nitrogens with two attached hydrogens (primary N) is 1. The molecule has 0 spiro atoms. The molecule has 15 heavy (non-hydrogen) atoms. The van der Waals surface area contributed by atoms with Gasteiger partial charge in [-0.2, -0.15) is 0 Å². The quantitative estimate of drug-likeness (QED) is 0.715. The highest BCUT2D eigenvalue weighted by Crippen LogP contribution is 2.29. The molecule has 2 N–H and O–H groups in total. The third-order valence-corrected chi connectivity index (χ3v) is 3.49. The number of hydrogen-bond acceptors (Lipinski definition) is 3. The Morgan fingerprint density at radius 2 is 2.00 bits per heavy atom. The summed E-state index contributed by atoms with van der Waals surface area (Å²) >= 11 is 3.69. The second-order valence-corrected chi connectivity index (χ2v) is 4.70. The molecule has 84 valence electrons. The number of ether oxygens (including phenoxy) is 1. The minimum atomic E-state index is -4.73. The van der Waals surface area contributed by atoms with Crippen LogP contribution < -0.4 is 10.5 Å². The van der Waals surface area contributed by atoms with Gasteiger partial charge in [0.05, 0.1) is 3.57 Å². The Balaban J connectivity index is 3.11. The van der Waals surface area contributed by atoms with Crippen LogP contribution >= 0.6 is 45.2 Å². The van der Waals surface area contributed by atoms with Crippen molar-refractivity contribution in [1.29, 1.82) is 0 Å². The molecule has 0 aliphatic carbocycles. The summed E-state index contributed by atoms with van der Waals surface area (Å²) in [5.41, 5.74) is 6.01. The van der Waals surface area contributed by atoms with Gasteiger partial charge in [-0.1, -0.05) is 0 Å². The fraction of sp³-hybridized carbons (Fsp3) is 0.286. The fourth-order valence-electron chi connectivity index (χ4n) is 0.852. The summed E-state index contributed by atoms with van der Waals surface area (Å²) < 4.78 is 40.6. The zero-order valence-corrected chi connectivity index (χ0v) is 11.4. The zero-order chi connectivity index (χ0) is 11.6. The standard InChI is InChI=1S/C7H5F3I2N2O/c8-7(9,10)15-6-5(12)3(1-13)4(11)2-14-6/h2H,1,13H2. The lowest BCUT2D eigenvalue weighted by Crippen LogP contribution is -2.19. The molecule has 0 atom stereocenters. The fourth-order valence-corrected chi connectivity index (χ4v) is 2.76. The Hall–Kier alpha value is 0.160. The monoisotopic (exact) mass is 444 g/mol. The molecule has 1 heterocycles. The predicted molar refractivity (Wildman–Crippen MR) is 64.2 cm³/mol. The van der Waals surface area contributed by atoms with Crippen molar-refractivity contribution in [3.8, 4) is 5.88 Å². The van der Waals surface area contributed by atoms with Crippen molar-refractivity contribution in [3.63, 3.8) is 0 Å². The summed E-state index contributed by atoms with van der Waals surface area (Å²) in [7, 11) is 0. The normalized spacial score (nSPS) is 11.6. The SMILES string of the molecule is NCc1c(I)cnc(OC(F)(F)F)c1I. The molecule has 0 saturated carbocycles. The summed E-state index contributed by atoms with van der Waals surface area (Å²) in [6, 6.07) is 0. The molecular weight excluding hydrogens is 439 g/mol. The molecule has 0 bridgehead atoms. The molecule has 0 fully saturated rings. The zero-order valence-electron chi connectivity index (χ0n) is 7.11. The van der Waals surface area contributed by atoms with Crippen LogP contribution in [0.3, 0.4) is 0 Å². The molecule has 0 amide bonds. The first-order chi connectivity index (χ1) is 6.85. The Labute approximate surface area is 111 Å². The summed E-state index contributed by atoms with van der Waals surface area (Å²) in [5, 5.41) is 0. The number of nitrogens with zero attached hydrogens (tertiary/aromatic N) is 1. The minimum absolute atomic E-state index is 0.146. The van der Waals surface area contributed by atoms with E-state index < -0.39 is 12.2 Å². The van der Waals surface area contributed by atoms with Crippen molar-refractivity contribution in [2.24, 2.45) is 5.73 Å². The third kappa shape index (κ3) is 3.59. The Kier molecular flexibility index (Phi) is 4.40. The smallest absolute Gasteiger partial charge is 0.387 e. The predicted octanol–water partition coefficient (Wildman–Crippen LogP) is 2.65. The van der Waals surface area contributed by atoms with Crippen LogP contribution in [0.5, 0.6) is 5.88 Å². The van der Waals surface area contributed by atoms with Crippen LogP contribution in [0.4, 0.5) is 13.2 Å². The molecule has 0 saturated heterocycles. The molecule has 1 rings (SSSR count). The van der Waals surface area contributed by atoms with Crippen LogP contribution in [-0.2, 0) is 6.54 Å². The highest BCUT2D eigenvalue weighted by atomic mass is 127. The van der Waals surface area contributed by atoms with E-state index in [4.69, 9.17) is 5.73 Å². The number of pyridine rings is 1. The molecule has 1 aromatic rings. The second kappa shape index (κ2) is 4.99. The molecule has 0 aliphatic rings. The second-order valence-electron chi connectivity index (χ2n) is 2.46. The van der Waals surface area contributed by atoms with Gasteiger partial charge in [0.2, 0.25) is 5.88 Å².